The maximum absolute atomic E-state index is 5.06. The van der Waals surface area contributed by atoms with Gasteiger partial charge in [0.2, 0.25) is 0 Å². The summed E-state index contributed by atoms with van der Waals surface area (Å²) in [6, 6.07) is 0. The van der Waals surface area contributed by atoms with Crippen molar-refractivity contribution in [1.82, 2.24) is 0 Å². The molecule has 0 aromatic carbocycles. The summed E-state index contributed by atoms with van der Waals surface area (Å²) in [4.78, 5) is 0. The zero-order valence-electron chi connectivity index (χ0n) is 6.85. The van der Waals surface area contributed by atoms with Crippen molar-refractivity contribution in [2.24, 2.45) is 5.41 Å². The van der Waals surface area contributed by atoms with Crippen LogP contribution in [0.3, 0.4) is 0 Å². The van der Waals surface area contributed by atoms with E-state index in [0.717, 1.165) is 12.2 Å². The predicted molar refractivity (Wildman–Crippen MR) is 42.6 cm³/mol. The summed E-state index contributed by atoms with van der Waals surface area (Å²) in [5.74, 6) is 0.985. The maximum Gasteiger partial charge on any atom is 0.114 e. The Morgan fingerprint density at radius 1 is 1.50 bits per heavy atom. The highest BCUT2D eigenvalue weighted by Crippen LogP contribution is 2.27. The molecule has 0 aromatic heterocycles. The molecule has 0 atom stereocenters. The summed E-state index contributed by atoms with van der Waals surface area (Å²) >= 11 is 0. The fraction of sp³-hybridized carbons (Fsp3) is 0.556. The van der Waals surface area contributed by atoms with Crippen LogP contribution in [0.15, 0.2) is 24.0 Å². The second-order valence-corrected chi connectivity index (χ2v) is 3.34. The Labute approximate surface area is 62.4 Å². The molecule has 56 valence electrons. The summed E-state index contributed by atoms with van der Waals surface area (Å²) in [6.45, 7) is 4.43. The molecule has 0 bridgehead atoms. The molecule has 0 aromatic rings. The van der Waals surface area contributed by atoms with Gasteiger partial charge in [0.05, 0.1) is 7.11 Å². The van der Waals surface area contributed by atoms with E-state index in [0.29, 0.717) is 5.41 Å². The quantitative estimate of drug-likeness (QED) is 0.541. The Bertz CT molecular complexity index is 175. The molecule has 0 saturated heterocycles. The van der Waals surface area contributed by atoms with Crippen molar-refractivity contribution in [1.29, 1.82) is 0 Å². The first-order chi connectivity index (χ1) is 4.64. The van der Waals surface area contributed by atoms with E-state index >= 15 is 0 Å². The zero-order valence-corrected chi connectivity index (χ0v) is 6.85. The van der Waals surface area contributed by atoms with Crippen molar-refractivity contribution >= 4 is 0 Å². The van der Waals surface area contributed by atoms with Crippen molar-refractivity contribution in [2.75, 3.05) is 7.11 Å². The van der Waals surface area contributed by atoms with Crippen LogP contribution in [-0.4, -0.2) is 7.11 Å². The van der Waals surface area contributed by atoms with Gasteiger partial charge in [-0.3, -0.25) is 0 Å². The number of allylic oxidation sites excluding steroid dienone is 3. The zero-order chi connectivity index (χ0) is 7.61. The van der Waals surface area contributed by atoms with E-state index in [4.69, 9.17) is 4.74 Å². The lowest BCUT2D eigenvalue weighted by Crippen LogP contribution is -2.09. The van der Waals surface area contributed by atoms with Gasteiger partial charge in [-0.2, -0.15) is 0 Å². The Kier molecular flexibility index (Phi) is 1.84. The molecule has 1 aliphatic carbocycles. The van der Waals surface area contributed by atoms with Crippen LogP contribution >= 0.6 is 0 Å². The molecule has 1 nitrogen and oxygen atoms in total. The summed E-state index contributed by atoms with van der Waals surface area (Å²) in [5, 5.41) is 0. The van der Waals surface area contributed by atoms with Crippen molar-refractivity contribution in [3.63, 3.8) is 0 Å². The molecule has 1 heteroatoms. The van der Waals surface area contributed by atoms with E-state index in [1.807, 2.05) is 6.08 Å². The van der Waals surface area contributed by atoms with E-state index in [9.17, 15) is 0 Å². The van der Waals surface area contributed by atoms with Crippen LogP contribution in [0, 0.1) is 5.41 Å². The van der Waals surface area contributed by atoms with Gasteiger partial charge in [0.15, 0.2) is 0 Å². The van der Waals surface area contributed by atoms with Gasteiger partial charge in [0.1, 0.15) is 5.76 Å². The van der Waals surface area contributed by atoms with Crippen LogP contribution in [0.25, 0.3) is 0 Å². The lowest BCUT2D eigenvalue weighted by molar-refractivity contribution is 0.296. The molecule has 0 aliphatic heterocycles. The second kappa shape index (κ2) is 2.49. The van der Waals surface area contributed by atoms with Gasteiger partial charge in [0, 0.05) is 0 Å². The SMILES string of the molecule is COC1=CCC(C)(C)C=C1. The average Bonchev–Trinajstić information content (AvgIpc) is 1.88. The molecule has 0 amide bonds. The van der Waals surface area contributed by atoms with Crippen molar-refractivity contribution in [3.05, 3.63) is 24.0 Å². The van der Waals surface area contributed by atoms with Crippen LogP contribution in [0.2, 0.25) is 0 Å². The Balaban J connectivity index is 2.63. The van der Waals surface area contributed by atoms with Crippen LogP contribution in [0.4, 0.5) is 0 Å². The molecule has 0 saturated carbocycles. The smallest absolute Gasteiger partial charge is 0.114 e. The van der Waals surface area contributed by atoms with E-state index in [1.165, 1.54) is 0 Å². The highest BCUT2D eigenvalue weighted by Gasteiger charge is 2.15. The van der Waals surface area contributed by atoms with Gasteiger partial charge < -0.3 is 4.74 Å². The van der Waals surface area contributed by atoms with Gasteiger partial charge in [-0.1, -0.05) is 19.9 Å². The topological polar surface area (TPSA) is 9.23 Å². The van der Waals surface area contributed by atoms with Crippen LogP contribution in [-0.2, 0) is 4.74 Å². The molecule has 10 heavy (non-hydrogen) atoms. The Morgan fingerprint density at radius 2 is 2.20 bits per heavy atom. The number of hydrogen-bond donors (Lipinski definition) is 0. The average molecular weight is 138 g/mol. The largest absolute Gasteiger partial charge is 0.497 e. The van der Waals surface area contributed by atoms with Gasteiger partial charge in [-0.05, 0) is 24.0 Å². The molecule has 0 N–H and O–H groups in total. The normalized spacial score (nSPS) is 22.1. The number of hydrogen-bond acceptors (Lipinski definition) is 1. The molecule has 1 rings (SSSR count). The first kappa shape index (κ1) is 7.39. The molecule has 0 heterocycles. The molecular formula is C9H14O. The molecule has 0 fully saturated rings. The van der Waals surface area contributed by atoms with Crippen LogP contribution in [0.5, 0.6) is 0 Å². The second-order valence-electron chi connectivity index (χ2n) is 3.34. The van der Waals surface area contributed by atoms with E-state index in [2.05, 4.69) is 26.0 Å². The van der Waals surface area contributed by atoms with Crippen molar-refractivity contribution < 1.29 is 4.74 Å². The van der Waals surface area contributed by atoms with Crippen LogP contribution < -0.4 is 0 Å². The van der Waals surface area contributed by atoms with Crippen molar-refractivity contribution in [2.45, 2.75) is 20.3 Å². The third-order valence-electron chi connectivity index (χ3n) is 1.76. The number of ether oxygens (including phenoxy) is 1. The molecular weight excluding hydrogens is 124 g/mol. The van der Waals surface area contributed by atoms with Crippen LogP contribution in [0.1, 0.15) is 20.3 Å². The van der Waals surface area contributed by atoms with Gasteiger partial charge in [0.25, 0.3) is 0 Å². The molecule has 1 aliphatic rings. The summed E-state index contributed by atoms with van der Waals surface area (Å²) in [5.41, 5.74) is 0.321. The Morgan fingerprint density at radius 3 is 2.60 bits per heavy atom. The standard InChI is InChI=1S/C9H14O/c1-9(2)6-4-8(10-3)5-7-9/h4-6H,7H2,1-3H3. The minimum Gasteiger partial charge on any atom is -0.497 e. The number of methoxy groups -OCH3 is 1. The van der Waals surface area contributed by atoms with E-state index < -0.39 is 0 Å². The lowest BCUT2D eigenvalue weighted by atomic mass is 9.86. The Hall–Kier alpha value is -0.720. The monoisotopic (exact) mass is 138 g/mol. The highest BCUT2D eigenvalue weighted by atomic mass is 16.5. The molecule has 0 radical (unpaired) electrons. The van der Waals surface area contributed by atoms with E-state index in [-0.39, 0.29) is 0 Å². The number of rotatable bonds is 1. The maximum atomic E-state index is 5.06. The first-order valence-electron chi connectivity index (χ1n) is 3.57. The third-order valence-corrected chi connectivity index (χ3v) is 1.76. The van der Waals surface area contributed by atoms with Gasteiger partial charge in [-0.25, -0.2) is 0 Å². The molecule has 0 spiro atoms. The van der Waals surface area contributed by atoms with Crippen molar-refractivity contribution in [3.8, 4) is 0 Å². The first-order valence-corrected chi connectivity index (χ1v) is 3.57. The minimum atomic E-state index is 0.321. The minimum absolute atomic E-state index is 0.321. The summed E-state index contributed by atoms with van der Waals surface area (Å²) < 4.78 is 5.06. The van der Waals surface area contributed by atoms with Gasteiger partial charge >= 0.3 is 0 Å². The highest BCUT2D eigenvalue weighted by molar-refractivity contribution is 5.20. The van der Waals surface area contributed by atoms with E-state index in [1.54, 1.807) is 7.11 Å². The lowest BCUT2D eigenvalue weighted by Gasteiger charge is -2.21. The fourth-order valence-electron chi connectivity index (χ4n) is 0.959. The van der Waals surface area contributed by atoms with Gasteiger partial charge in [-0.15, -0.1) is 0 Å². The molecule has 0 unspecified atom stereocenters. The fourth-order valence-corrected chi connectivity index (χ4v) is 0.959. The summed E-state index contributed by atoms with van der Waals surface area (Å²) in [6.07, 6.45) is 7.42. The third kappa shape index (κ3) is 1.63. The predicted octanol–water partition coefficient (Wildman–Crippen LogP) is 2.50. The summed E-state index contributed by atoms with van der Waals surface area (Å²) in [7, 11) is 1.70.